The molecule has 0 aromatic heterocycles. The summed E-state index contributed by atoms with van der Waals surface area (Å²) in [5, 5.41) is 5.71. The van der Waals surface area contributed by atoms with Gasteiger partial charge in [0.15, 0.2) is 0 Å². The van der Waals surface area contributed by atoms with Gasteiger partial charge in [0.2, 0.25) is 0 Å². The lowest BCUT2D eigenvalue weighted by Crippen LogP contribution is -2.32. The second kappa shape index (κ2) is 6.47. The topological polar surface area (TPSA) is 98.5 Å². The van der Waals surface area contributed by atoms with Gasteiger partial charge in [-0.2, -0.15) is 0 Å². The third-order valence-corrected chi connectivity index (χ3v) is 4.46. The summed E-state index contributed by atoms with van der Waals surface area (Å²) in [6.45, 7) is 7.74. The Bertz CT molecular complexity index is 617. The minimum absolute atomic E-state index is 0.264. The fourth-order valence-corrected chi connectivity index (χ4v) is 2.88. The summed E-state index contributed by atoms with van der Waals surface area (Å²) in [5.41, 5.74) is 7.75. The molecule has 2 atom stereocenters. The van der Waals surface area contributed by atoms with Gasteiger partial charge in [0.25, 0.3) is 5.91 Å². The molecule has 1 amide bonds. The van der Waals surface area contributed by atoms with Crippen molar-refractivity contribution in [2.24, 2.45) is 21.2 Å². The van der Waals surface area contributed by atoms with Crippen LogP contribution in [0.1, 0.15) is 31.4 Å². The normalized spacial score (nSPS) is 15.8. The van der Waals surface area contributed by atoms with E-state index in [9.17, 15) is 9.00 Å². The molecule has 0 fully saturated rings. The molecule has 0 bridgehead atoms. The van der Waals surface area contributed by atoms with E-state index in [0.29, 0.717) is 11.3 Å². The van der Waals surface area contributed by atoms with Gasteiger partial charge >= 0.3 is 0 Å². The van der Waals surface area contributed by atoms with Crippen molar-refractivity contribution in [2.45, 2.75) is 45.1 Å². The van der Waals surface area contributed by atoms with Crippen molar-refractivity contribution in [3.63, 3.8) is 0 Å². The first-order chi connectivity index (χ1) is 9.13. The standard InChI is InChI=1S/C14H23N3O2S/c1-9(2)7-13(15)14(18)17-20(16,19)12-6-5-10(3)11(4)8-12/h5-6,8-9,13H,7,15H2,1-4H3,(H2,16,17,18,19)/t13-,20?/m0/s1. The van der Waals surface area contributed by atoms with Crippen molar-refractivity contribution in [3.05, 3.63) is 29.3 Å². The fourth-order valence-electron chi connectivity index (χ4n) is 1.76. The summed E-state index contributed by atoms with van der Waals surface area (Å²) in [7, 11) is -3.23. The molecule has 0 radical (unpaired) electrons. The summed E-state index contributed by atoms with van der Waals surface area (Å²) < 4.78 is 16.0. The van der Waals surface area contributed by atoms with E-state index in [2.05, 4.69) is 4.36 Å². The van der Waals surface area contributed by atoms with Gasteiger partial charge in [-0.1, -0.05) is 19.9 Å². The average molecular weight is 297 g/mol. The molecule has 20 heavy (non-hydrogen) atoms. The predicted molar refractivity (Wildman–Crippen MR) is 81.4 cm³/mol. The quantitative estimate of drug-likeness (QED) is 0.888. The van der Waals surface area contributed by atoms with E-state index in [0.717, 1.165) is 11.1 Å². The Balaban J connectivity index is 3.08. The van der Waals surface area contributed by atoms with Gasteiger partial charge in [-0.15, -0.1) is 4.36 Å². The van der Waals surface area contributed by atoms with Gasteiger partial charge in [0.05, 0.1) is 10.9 Å². The molecule has 0 saturated heterocycles. The molecule has 112 valence electrons. The maximum absolute atomic E-state index is 12.4. The van der Waals surface area contributed by atoms with Gasteiger partial charge in [-0.3, -0.25) is 4.79 Å². The molecule has 1 aromatic carbocycles. The summed E-state index contributed by atoms with van der Waals surface area (Å²) in [4.78, 5) is 12.2. The highest BCUT2D eigenvalue weighted by Crippen LogP contribution is 2.15. The van der Waals surface area contributed by atoms with Crippen LogP contribution in [0, 0.1) is 19.8 Å². The van der Waals surface area contributed by atoms with Gasteiger partial charge in [0, 0.05) is 0 Å². The van der Waals surface area contributed by atoms with Gasteiger partial charge < -0.3 is 5.73 Å². The minimum Gasteiger partial charge on any atom is -0.320 e. The van der Waals surface area contributed by atoms with E-state index in [1.807, 2.05) is 33.8 Å². The lowest BCUT2D eigenvalue weighted by atomic mass is 10.0. The van der Waals surface area contributed by atoms with Crippen molar-refractivity contribution in [3.8, 4) is 0 Å². The number of aryl methyl sites for hydroxylation is 2. The van der Waals surface area contributed by atoms with Crippen molar-refractivity contribution >= 4 is 15.8 Å². The van der Waals surface area contributed by atoms with Crippen molar-refractivity contribution in [2.75, 3.05) is 0 Å². The number of amides is 1. The summed E-state index contributed by atoms with van der Waals surface area (Å²) in [6.07, 6.45) is 0.491. The Hall–Kier alpha value is -1.24. The van der Waals surface area contributed by atoms with Crippen LogP contribution in [0.25, 0.3) is 0 Å². The highest BCUT2D eigenvalue weighted by atomic mass is 32.2. The molecule has 6 heteroatoms. The number of carbonyl (C=O) groups is 1. The molecular formula is C14H23N3O2S. The number of carbonyl (C=O) groups excluding carboxylic acids is 1. The molecule has 0 heterocycles. The first kappa shape index (κ1) is 16.8. The monoisotopic (exact) mass is 297 g/mol. The van der Waals surface area contributed by atoms with E-state index >= 15 is 0 Å². The molecule has 0 aliphatic heterocycles. The first-order valence-corrected chi connectivity index (χ1v) is 8.13. The third-order valence-electron chi connectivity index (χ3n) is 3.08. The van der Waals surface area contributed by atoms with Gasteiger partial charge in [0.1, 0.15) is 9.92 Å². The maximum atomic E-state index is 12.4. The Morgan fingerprint density at radius 1 is 1.30 bits per heavy atom. The fraction of sp³-hybridized carbons (Fsp3) is 0.500. The molecule has 0 aliphatic carbocycles. The zero-order chi connectivity index (χ0) is 15.5. The van der Waals surface area contributed by atoms with E-state index in [1.54, 1.807) is 12.1 Å². The Morgan fingerprint density at radius 2 is 1.90 bits per heavy atom. The average Bonchev–Trinajstić information content (AvgIpc) is 2.31. The van der Waals surface area contributed by atoms with Crippen LogP contribution in [0.15, 0.2) is 27.5 Å². The van der Waals surface area contributed by atoms with Crippen LogP contribution in [0.4, 0.5) is 0 Å². The lowest BCUT2D eigenvalue weighted by molar-refractivity contribution is -0.119. The second-order valence-corrected chi connectivity index (χ2v) is 7.27. The second-order valence-electron chi connectivity index (χ2n) is 5.48. The third kappa shape index (κ3) is 4.40. The number of rotatable bonds is 4. The highest BCUT2D eigenvalue weighted by molar-refractivity contribution is 7.91. The van der Waals surface area contributed by atoms with Crippen LogP contribution in [-0.4, -0.2) is 16.2 Å². The van der Waals surface area contributed by atoms with E-state index in [-0.39, 0.29) is 5.92 Å². The molecule has 0 spiro atoms. The first-order valence-electron chi connectivity index (χ1n) is 6.55. The van der Waals surface area contributed by atoms with Crippen molar-refractivity contribution < 1.29 is 9.00 Å². The Morgan fingerprint density at radius 3 is 2.40 bits per heavy atom. The molecule has 1 rings (SSSR count). The lowest BCUT2D eigenvalue weighted by Gasteiger charge is -2.11. The van der Waals surface area contributed by atoms with E-state index in [1.165, 1.54) is 0 Å². The smallest absolute Gasteiger partial charge is 0.271 e. The summed E-state index contributed by atoms with van der Waals surface area (Å²) in [6, 6.07) is 4.38. The number of nitrogens with zero attached hydrogens (tertiary/aromatic N) is 1. The SMILES string of the molecule is Cc1ccc(S(N)(=O)=NC(=O)[C@@H](N)CC(C)C)cc1C. The van der Waals surface area contributed by atoms with Gasteiger partial charge in [-0.05, 0) is 49.4 Å². The van der Waals surface area contributed by atoms with E-state index < -0.39 is 21.9 Å². The Kier molecular flexibility index (Phi) is 5.44. The largest absolute Gasteiger partial charge is 0.320 e. The van der Waals surface area contributed by atoms with Gasteiger partial charge in [-0.25, -0.2) is 9.35 Å². The van der Waals surface area contributed by atoms with Crippen LogP contribution in [0.5, 0.6) is 0 Å². The molecule has 1 aromatic rings. The summed E-state index contributed by atoms with van der Waals surface area (Å²) >= 11 is 0. The number of nitrogens with two attached hydrogens (primary N) is 2. The van der Waals surface area contributed by atoms with Crippen LogP contribution >= 0.6 is 0 Å². The maximum Gasteiger partial charge on any atom is 0.271 e. The molecule has 1 unspecified atom stereocenters. The highest BCUT2D eigenvalue weighted by Gasteiger charge is 2.18. The summed E-state index contributed by atoms with van der Waals surface area (Å²) in [5.74, 6) is -0.343. The number of hydrogen-bond donors (Lipinski definition) is 2. The molecule has 4 N–H and O–H groups in total. The van der Waals surface area contributed by atoms with E-state index in [4.69, 9.17) is 10.9 Å². The number of hydrogen-bond acceptors (Lipinski definition) is 3. The molecule has 0 aliphatic rings. The molecule has 5 nitrogen and oxygen atoms in total. The van der Waals surface area contributed by atoms with Crippen LogP contribution in [-0.2, 0) is 14.7 Å². The van der Waals surface area contributed by atoms with Crippen molar-refractivity contribution in [1.29, 1.82) is 0 Å². The Labute approximate surface area is 121 Å². The molecular weight excluding hydrogens is 274 g/mol. The predicted octanol–water partition coefficient (Wildman–Crippen LogP) is 1.90. The van der Waals surface area contributed by atoms with Crippen LogP contribution in [0.3, 0.4) is 0 Å². The minimum atomic E-state index is -3.23. The molecule has 0 saturated carbocycles. The van der Waals surface area contributed by atoms with Crippen molar-refractivity contribution in [1.82, 2.24) is 0 Å². The zero-order valence-electron chi connectivity index (χ0n) is 12.4. The zero-order valence-corrected chi connectivity index (χ0v) is 13.2. The van der Waals surface area contributed by atoms with Crippen LogP contribution in [0.2, 0.25) is 0 Å². The van der Waals surface area contributed by atoms with Crippen LogP contribution < -0.4 is 10.9 Å². The number of benzene rings is 1.